The Morgan fingerprint density at radius 3 is 2.88 bits per heavy atom. The van der Waals surface area contributed by atoms with Crippen molar-refractivity contribution in [2.45, 2.75) is 23.8 Å². The molecule has 10 nitrogen and oxygen atoms in total. The number of thioether (sulfide) groups is 2. The summed E-state index contributed by atoms with van der Waals surface area (Å²) in [6.07, 6.45) is -0.515. The quantitative estimate of drug-likeness (QED) is 0.343. The highest BCUT2D eigenvalue weighted by Gasteiger charge is 2.24. The van der Waals surface area contributed by atoms with Gasteiger partial charge in [-0.05, 0) is 29.5 Å². The second-order valence-electron chi connectivity index (χ2n) is 7.28. The van der Waals surface area contributed by atoms with Crippen LogP contribution in [0.4, 0.5) is 0 Å². The Labute approximate surface area is 209 Å². The Bertz CT molecular complexity index is 922. The minimum absolute atomic E-state index is 0.107. The molecule has 0 radical (unpaired) electrons. The number of nitrogens with zero attached hydrogens (tertiary/aromatic N) is 2. The summed E-state index contributed by atoms with van der Waals surface area (Å²) in [5.74, 6) is -1.16. The standard InChI is InChI=1S/C19H24Cl2N6O4S2/c20-13-2-1-11(5-14(13)21)8-27-3-4-31-12(9-27)7-23-17(30)10-32-19-26-25-18(33-19)24-16(29)6-15(22)28/h1-2,5,12,19,26H,3-4,6-10H2,(H2,22,28)(H,23,30)(H,24,25,29)/t12-,19?/m0/s1. The molecule has 5 N–H and O–H groups in total. The number of nitrogens with one attached hydrogen (secondary N) is 3. The summed E-state index contributed by atoms with van der Waals surface area (Å²) in [6, 6.07) is 5.60. The zero-order valence-corrected chi connectivity index (χ0v) is 20.7. The van der Waals surface area contributed by atoms with Crippen LogP contribution in [-0.2, 0) is 25.7 Å². The van der Waals surface area contributed by atoms with Crippen molar-refractivity contribution >= 4 is 69.6 Å². The summed E-state index contributed by atoms with van der Waals surface area (Å²) in [4.78, 5) is 36.8. The zero-order chi connectivity index (χ0) is 23.8. The summed E-state index contributed by atoms with van der Waals surface area (Å²) >= 11 is 14.7. The largest absolute Gasteiger partial charge is 0.374 e. The van der Waals surface area contributed by atoms with Crippen LogP contribution in [0.5, 0.6) is 0 Å². The summed E-state index contributed by atoms with van der Waals surface area (Å²) in [5.41, 5.74) is 8.86. The predicted molar refractivity (Wildman–Crippen MR) is 131 cm³/mol. The van der Waals surface area contributed by atoms with Gasteiger partial charge in [-0.15, -0.1) is 11.8 Å². The van der Waals surface area contributed by atoms with Gasteiger partial charge in [-0.1, -0.05) is 29.3 Å². The first-order valence-electron chi connectivity index (χ1n) is 10.0. The number of ether oxygens (including phenoxy) is 1. The van der Waals surface area contributed by atoms with E-state index in [-0.39, 0.29) is 22.5 Å². The Kier molecular flexibility index (Phi) is 9.95. The number of hydrazone groups is 1. The minimum Gasteiger partial charge on any atom is -0.374 e. The molecule has 0 aliphatic carbocycles. The molecule has 1 aromatic rings. The van der Waals surface area contributed by atoms with Crippen LogP contribution in [0.25, 0.3) is 0 Å². The van der Waals surface area contributed by atoms with E-state index in [9.17, 15) is 14.4 Å². The van der Waals surface area contributed by atoms with Crippen molar-refractivity contribution in [3.05, 3.63) is 33.8 Å². The van der Waals surface area contributed by atoms with Gasteiger partial charge in [0.1, 0.15) is 11.1 Å². The van der Waals surface area contributed by atoms with Crippen LogP contribution in [0.15, 0.2) is 23.3 Å². The van der Waals surface area contributed by atoms with Gasteiger partial charge in [-0.25, -0.2) is 0 Å². The maximum atomic E-state index is 12.2. The molecule has 1 aromatic carbocycles. The van der Waals surface area contributed by atoms with E-state index in [4.69, 9.17) is 33.7 Å². The average molecular weight is 535 g/mol. The maximum absolute atomic E-state index is 12.2. The van der Waals surface area contributed by atoms with Crippen LogP contribution >= 0.6 is 46.7 Å². The summed E-state index contributed by atoms with van der Waals surface area (Å²) in [6.45, 7) is 3.21. The molecule has 0 spiro atoms. The first-order valence-corrected chi connectivity index (χ1v) is 12.7. The smallest absolute Gasteiger partial charge is 0.235 e. The Hall–Kier alpha value is -1.70. The normalized spacial score (nSPS) is 20.6. The lowest BCUT2D eigenvalue weighted by atomic mass is 10.2. The molecular formula is C19H24Cl2N6O4S2. The molecule has 2 heterocycles. The van der Waals surface area contributed by atoms with Gasteiger partial charge in [-0.3, -0.25) is 24.7 Å². The van der Waals surface area contributed by atoms with E-state index in [1.165, 1.54) is 23.5 Å². The first-order chi connectivity index (χ1) is 15.8. The van der Waals surface area contributed by atoms with E-state index in [0.717, 1.165) is 18.7 Å². The van der Waals surface area contributed by atoms with Gasteiger partial charge >= 0.3 is 0 Å². The molecule has 1 fully saturated rings. The van der Waals surface area contributed by atoms with Crippen molar-refractivity contribution < 1.29 is 19.1 Å². The highest BCUT2D eigenvalue weighted by atomic mass is 35.5. The van der Waals surface area contributed by atoms with Gasteiger partial charge in [0, 0.05) is 26.2 Å². The lowest BCUT2D eigenvalue weighted by Gasteiger charge is -2.33. The fourth-order valence-corrected chi connectivity index (χ4v) is 5.28. The Morgan fingerprint density at radius 1 is 1.30 bits per heavy atom. The van der Waals surface area contributed by atoms with Crippen LogP contribution in [-0.4, -0.2) is 70.6 Å². The number of morpholine rings is 1. The van der Waals surface area contributed by atoms with Crippen LogP contribution < -0.4 is 21.8 Å². The van der Waals surface area contributed by atoms with Gasteiger partial charge in [-0.2, -0.15) is 5.10 Å². The van der Waals surface area contributed by atoms with Gasteiger partial charge in [0.15, 0.2) is 5.17 Å². The van der Waals surface area contributed by atoms with Crippen molar-refractivity contribution in [3.8, 4) is 0 Å². The monoisotopic (exact) mass is 534 g/mol. The summed E-state index contributed by atoms with van der Waals surface area (Å²) in [7, 11) is 0. The van der Waals surface area contributed by atoms with E-state index < -0.39 is 18.2 Å². The summed E-state index contributed by atoms with van der Waals surface area (Å²) < 4.78 is 5.55. The molecule has 1 saturated heterocycles. The lowest BCUT2D eigenvalue weighted by molar-refractivity contribution is -0.126. The molecule has 2 aliphatic rings. The molecule has 2 atom stereocenters. The zero-order valence-electron chi connectivity index (χ0n) is 17.5. The Morgan fingerprint density at radius 2 is 2.12 bits per heavy atom. The van der Waals surface area contributed by atoms with Crippen molar-refractivity contribution in [1.29, 1.82) is 0 Å². The number of halogens is 2. The number of hydrogen-bond acceptors (Lipinski definition) is 9. The Balaban J connectivity index is 1.32. The number of rotatable bonds is 9. The number of benzene rings is 1. The number of amides is 3. The molecular weight excluding hydrogens is 511 g/mol. The third kappa shape index (κ3) is 8.87. The fourth-order valence-electron chi connectivity index (χ4n) is 3.09. The molecule has 0 saturated carbocycles. The van der Waals surface area contributed by atoms with Gasteiger partial charge in [0.25, 0.3) is 0 Å². The predicted octanol–water partition coefficient (Wildman–Crippen LogP) is 0.926. The molecule has 3 amide bonds. The first kappa shape index (κ1) is 25.9. The van der Waals surface area contributed by atoms with Gasteiger partial charge in [0.2, 0.25) is 17.7 Å². The number of carbonyl (C=O) groups excluding carboxylic acids is 3. The van der Waals surface area contributed by atoms with Crippen LogP contribution in [0, 0.1) is 0 Å². The molecule has 3 rings (SSSR count). The van der Waals surface area contributed by atoms with Crippen LogP contribution in [0.3, 0.4) is 0 Å². The van der Waals surface area contributed by atoms with Gasteiger partial charge in [0.05, 0.1) is 28.5 Å². The fraction of sp³-hybridized carbons (Fsp3) is 0.474. The molecule has 0 aromatic heterocycles. The van der Waals surface area contributed by atoms with Crippen LogP contribution in [0.1, 0.15) is 12.0 Å². The van der Waals surface area contributed by atoms with E-state index >= 15 is 0 Å². The van der Waals surface area contributed by atoms with Crippen molar-refractivity contribution in [2.75, 3.05) is 32.0 Å². The number of primary amides is 1. The third-order valence-electron chi connectivity index (χ3n) is 4.58. The topological polar surface area (TPSA) is 138 Å². The maximum Gasteiger partial charge on any atom is 0.235 e. The number of carbonyl (C=O) groups is 3. The van der Waals surface area contributed by atoms with E-state index in [2.05, 4.69) is 26.1 Å². The molecule has 33 heavy (non-hydrogen) atoms. The second-order valence-corrected chi connectivity index (χ2v) is 10.6. The van der Waals surface area contributed by atoms with Crippen molar-refractivity contribution in [1.82, 2.24) is 21.0 Å². The highest BCUT2D eigenvalue weighted by Crippen LogP contribution is 2.26. The van der Waals surface area contributed by atoms with Crippen molar-refractivity contribution in [2.24, 2.45) is 10.8 Å². The molecule has 180 valence electrons. The minimum atomic E-state index is -0.717. The average Bonchev–Trinajstić information content (AvgIpc) is 3.20. The molecule has 1 unspecified atom stereocenters. The van der Waals surface area contributed by atoms with Crippen LogP contribution in [0.2, 0.25) is 10.0 Å². The number of amidine groups is 1. The number of hydrogen-bond donors (Lipinski definition) is 4. The number of nitrogens with two attached hydrogens (primary N) is 1. The molecule has 14 heteroatoms. The second kappa shape index (κ2) is 12.7. The SMILES string of the molecule is NC(=O)CC(=O)NC1=NNC(SCC(=O)NC[C@H]2CN(Cc3ccc(Cl)c(Cl)c3)CCO2)S1. The highest BCUT2D eigenvalue weighted by molar-refractivity contribution is 8.25. The van der Waals surface area contributed by atoms with E-state index in [1.807, 2.05) is 12.1 Å². The van der Waals surface area contributed by atoms with Crippen molar-refractivity contribution in [3.63, 3.8) is 0 Å². The lowest BCUT2D eigenvalue weighted by Crippen LogP contribution is -2.47. The third-order valence-corrected chi connectivity index (χ3v) is 7.59. The molecule has 0 bridgehead atoms. The van der Waals surface area contributed by atoms with Gasteiger partial charge < -0.3 is 21.1 Å². The van der Waals surface area contributed by atoms with E-state index in [1.54, 1.807) is 6.07 Å². The molecule has 2 aliphatic heterocycles. The summed E-state index contributed by atoms with van der Waals surface area (Å²) in [5, 5.41) is 10.7. The van der Waals surface area contributed by atoms with E-state index in [0.29, 0.717) is 34.9 Å².